The summed E-state index contributed by atoms with van der Waals surface area (Å²) in [4.78, 5) is 24.5. The van der Waals surface area contributed by atoms with Crippen molar-refractivity contribution in [3.05, 3.63) is 62.7 Å². The topological polar surface area (TPSA) is 110 Å². The number of nitrogens with zero attached hydrogens (tertiary/aromatic N) is 1. The summed E-state index contributed by atoms with van der Waals surface area (Å²) in [5, 5.41) is 0. The maximum atomic E-state index is 13.3. The fraction of sp³-hybridized carbons (Fsp3) is 0.500. The van der Waals surface area contributed by atoms with E-state index in [2.05, 4.69) is 4.72 Å². The van der Waals surface area contributed by atoms with Gasteiger partial charge >= 0.3 is 5.69 Å². The van der Waals surface area contributed by atoms with Crippen molar-refractivity contribution in [2.24, 2.45) is 0 Å². The summed E-state index contributed by atoms with van der Waals surface area (Å²) in [7, 11) is -3.64. The third-order valence-electron chi connectivity index (χ3n) is 5.10. The molecule has 0 radical (unpaired) electrons. The second kappa shape index (κ2) is 9.57. The van der Waals surface area contributed by atoms with Crippen molar-refractivity contribution in [3.8, 4) is 5.75 Å². The van der Waals surface area contributed by atoms with Gasteiger partial charge < -0.3 is 4.74 Å². The van der Waals surface area contributed by atoms with Gasteiger partial charge in [-0.15, -0.1) is 0 Å². The summed E-state index contributed by atoms with van der Waals surface area (Å²) in [6.45, 7) is 1.71. The van der Waals surface area contributed by atoms with Crippen molar-refractivity contribution >= 4 is 10.0 Å². The summed E-state index contributed by atoms with van der Waals surface area (Å²) >= 11 is 0. The van der Waals surface area contributed by atoms with E-state index >= 15 is 0 Å². The number of aromatic amines is 1. The van der Waals surface area contributed by atoms with Gasteiger partial charge in [0, 0.05) is 12.6 Å². The van der Waals surface area contributed by atoms with Crippen molar-refractivity contribution in [2.75, 3.05) is 5.75 Å². The van der Waals surface area contributed by atoms with Crippen LogP contribution in [0.25, 0.3) is 0 Å². The molecule has 1 aliphatic rings. The third-order valence-corrected chi connectivity index (χ3v) is 6.64. The first kappa shape index (κ1) is 22.2. The number of halogens is 1. The van der Waals surface area contributed by atoms with E-state index in [4.69, 9.17) is 4.74 Å². The van der Waals surface area contributed by atoms with Gasteiger partial charge in [0.05, 0.1) is 18.1 Å². The van der Waals surface area contributed by atoms with Crippen molar-refractivity contribution in [1.29, 1.82) is 0 Å². The Morgan fingerprint density at radius 2 is 2.03 bits per heavy atom. The van der Waals surface area contributed by atoms with Crippen molar-refractivity contribution in [3.63, 3.8) is 0 Å². The molecule has 8 nitrogen and oxygen atoms in total. The molecule has 0 bridgehead atoms. The minimum atomic E-state index is -3.64. The average Bonchev–Trinajstić information content (AvgIpc) is 3.18. The summed E-state index contributed by atoms with van der Waals surface area (Å²) in [5.74, 6) is -0.614. The van der Waals surface area contributed by atoms with Crippen LogP contribution in [-0.4, -0.2) is 29.8 Å². The standard InChI is InChI=1S/C20H26FN3O5S/c1-14(15-6-4-9-17(12-15)29-16-7-2-3-8-16)23-30(27,28)11-5-10-24-13-18(21)19(25)22-20(24)26/h4,6,9,12-14,16,23H,2-3,5,7-8,10-11H2,1H3,(H,22,25,26)/t14-/m1/s1. The Balaban J connectivity index is 1.56. The fourth-order valence-corrected chi connectivity index (χ4v) is 4.83. The van der Waals surface area contributed by atoms with Crippen LogP contribution < -0.4 is 20.7 Å². The van der Waals surface area contributed by atoms with Gasteiger partial charge in [-0.05, 0) is 56.7 Å². The number of aromatic nitrogens is 2. The molecule has 1 saturated carbocycles. The molecule has 1 fully saturated rings. The lowest BCUT2D eigenvalue weighted by Crippen LogP contribution is -2.33. The van der Waals surface area contributed by atoms with Gasteiger partial charge in [0.1, 0.15) is 5.75 Å². The number of rotatable bonds is 9. The minimum Gasteiger partial charge on any atom is -0.490 e. The van der Waals surface area contributed by atoms with E-state index in [1.54, 1.807) is 6.92 Å². The molecular weight excluding hydrogens is 413 g/mol. The summed E-state index contributed by atoms with van der Waals surface area (Å²) in [6.07, 6.45) is 5.48. The number of nitrogens with one attached hydrogen (secondary N) is 2. The van der Waals surface area contributed by atoms with Gasteiger partial charge in [-0.2, -0.15) is 4.39 Å². The van der Waals surface area contributed by atoms with Crippen molar-refractivity contribution in [1.82, 2.24) is 14.3 Å². The van der Waals surface area contributed by atoms with Gasteiger partial charge in [-0.1, -0.05) is 12.1 Å². The molecule has 30 heavy (non-hydrogen) atoms. The van der Waals surface area contributed by atoms with Crippen LogP contribution in [0.1, 0.15) is 50.6 Å². The molecule has 0 unspecified atom stereocenters. The van der Waals surface area contributed by atoms with E-state index in [0.29, 0.717) is 0 Å². The largest absolute Gasteiger partial charge is 0.490 e. The molecule has 0 saturated heterocycles. The van der Waals surface area contributed by atoms with E-state index in [1.807, 2.05) is 29.2 Å². The van der Waals surface area contributed by atoms with Gasteiger partial charge in [0.2, 0.25) is 15.8 Å². The first-order valence-electron chi connectivity index (χ1n) is 9.99. The van der Waals surface area contributed by atoms with E-state index in [9.17, 15) is 22.4 Å². The Hall–Kier alpha value is -2.46. The molecule has 0 amide bonds. The van der Waals surface area contributed by atoms with Crippen molar-refractivity contribution < 1.29 is 17.5 Å². The monoisotopic (exact) mass is 439 g/mol. The zero-order valence-corrected chi connectivity index (χ0v) is 17.6. The van der Waals surface area contributed by atoms with Crippen LogP contribution in [0.3, 0.4) is 0 Å². The normalized spacial score (nSPS) is 15.9. The minimum absolute atomic E-state index is 0.0352. The maximum Gasteiger partial charge on any atom is 0.328 e. The molecule has 1 aliphatic carbocycles. The smallest absolute Gasteiger partial charge is 0.328 e. The number of benzene rings is 1. The highest BCUT2D eigenvalue weighted by Crippen LogP contribution is 2.26. The SMILES string of the molecule is C[C@@H](NS(=O)(=O)CCCn1cc(F)c(=O)[nH]c1=O)c1cccc(OC2CCCC2)c1. The summed E-state index contributed by atoms with van der Waals surface area (Å²) < 4.78 is 47.7. The van der Waals surface area contributed by atoms with Crippen LogP contribution in [0.2, 0.25) is 0 Å². The van der Waals surface area contributed by atoms with E-state index in [-0.39, 0.29) is 24.8 Å². The molecule has 3 rings (SSSR count). The highest BCUT2D eigenvalue weighted by atomic mass is 32.2. The predicted molar refractivity (Wildman–Crippen MR) is 111 cm³/mol. The second-order valence-corrected chi connectivity index (χ2v) is 9.41. The van der Waals surface area contributed by atoms with E-state index in [1.165, 1.54) is 12.8 Å². The zero-order chi connectivity index (χ0) is 21.7. The Kier molecular flexibility index (Phi) is 7.09. The highest BCUT2D eigenvalue weighted by molar-refractivity contribution is 7.89. The van der Waals surface area contributed by atoms with Crippen LogP contribution in [0.5, 0.6) is 5.75 Å². The molecule has 10 heteroatoms. The molecule has 0 aliphatic heterocycles. The number of aryl methyl sites for hydroxylation is 1. The quantitative estimate of drug-likeness (QED) is 0.622. The molecule has 1 aromatic heterocycles. The lowest BCUT2D eigenvalue weighted by atomic mass is 10.1. The third kappa shape index (κ3) is 6.02. The van der Waals surface area contributed by atoms with Gasteiger partial charge in [0.25, 0.3) is 5.56 Å². The van der Waals surface area contributed by atoms with E-state index < -0.39 is 33.1 Å². The highest BCUT2D eigenvalue weighted by Gasteiger charge is 2.19. The second-order valence-electron chi connectivity index (χ2n) is 7.54. The van der Waals surface area contributed by atoms with Crippen molar-refractivity contribution in [2.45, 2.75) is 57.7 Å². The summed E-state index contributed by atoms with van der Waals surface area (Å²) in [6, 6.07) is 6.91. The molecule has 1 aromatic carbocycles. The van der Waals surface area contributed by atoms with Crippen LogP contribution in [0.15, 0.2) is 40.1 Å². The fourth-order valence-electron chi connectivity index (χ4n) is 3.53. The number of hydrogen-bond acceptors (Lipinski definition) is 5. The molecule has 164 valence electrons. The number of hydrogen-bond donors (Lipinski definition) is 2. The lowest BCUT2D eigenvalue weighted by Gasteiger charge is -2.17. The molecule has 0 spiro atoms. The average molecular weight is 440 g/mol. The Morgan fingerprint density at radius 3 is 2.77 bits per heavy atom. The van der Waals surface area contributed by atoms with E-state index in [0.717, 1.165) is 34.9 Å². The molecule has 2 N–H and O–H groups in total. The Labute approximate surface area is 174 Å². The Bertz CT molecular complexity index is 1090. The van der Waals surface area contributed by atoms with Gasteiger partial charge in [0.15, 0.2) is 0 Å². The first-order valence-corrected chi connectivity index (χ1v) is 11.6. The molecule has 1 heterocycles. The maximum absolute atomic E-state index is 13.3. The van der Waals surface area contributed by atoms with Crippen LogP contribution in [-0.2, 0) is 16.6 Å². The zero-order valence-electron chi connectivity index (χ0n) is 16.8. The van der Waals surface area contributed by atoms with Crippen LogP contribution in [0, 0.1) is 5.82 Å². The number of ether oxygens (including phenoxy) is 1. The Morgan fingerprint density at radius 1 is 1.30 bits per heavy atom. The van der Waals surface area contributed by atoms with Crippen LogP contribution in [0.4, 0.5) is 4.39 Å². The molecule has 2 aromatic rings. The number of H-pyrrole nitrogens is 1. The van der Waals surface area contributed by atoms with Gasteiger partial charge in [-0.3, -0.25) is 14.3 Å². The van der Waals surface area contributed by atoms with Gasteiger partial charge in [-0.25, -0.2) is 17.9 Å². The number of sulfonamides is 1. The van der Waals surface area contributed by atoms with Crippen LogP contribution >= 0.6 is 0 Å². The first-order chi connectivity index (χ1) is 14.2. The molecular formula is C20H26FN3O5S. The summed E-state index contributed by atoms with van der Waals surface area (Å²) in [5.41, 5.74) is -1.09. The predicted octanol–water partition coefficient (Wildman–Crippen LogP) is 2.07. The molecule has 1 atom stereocenters. The lowest BCUT2D eigenvalue weighted by molar-refractivity contribution is 0.210.